The SMILES string of the molecule is CCNC(=O)NCc1ccccc1-c1ccc(C2OC(CN3CCC(n4c(=O)[nH]c5ccccc54)CC3)CC(c3ccc(CO)cc3)O2)cc1. The Balaban J connectivity index is 1.06. The summed E-state index contributed by atoms with van der Waals surface area (Å²) in [6, 6.07) is 32.2. The number of urea groups is 1. The van der Waals surface area contributed by atoms with Gasteiger partial charge in [0.2, 0.25) is 0 Å². The van der Waals surface area contributed by atoms with Crippen LogP contribution in [0.5, 0.6) is 0 Å². The fourth-order valence-electron chi connectivity index (χ4n) is 7.29. The van der Waals surface area contributed by atoms with Crippen molar-refractivity contribution in [1.82, 2.24) is 25.1 Å². The molecule has 7 rings (SSSR count). The van der Waals surface area contributed by atoms with E-state index in [1.807, 2.05) is 78.2 Å². The molecular weight excluding hydrogens is 630 g/mol. The third-order valence-corrected chi connectivity index (χ3v) is 9.91. The number of para-hydroxylation sites is 2. The van der Waals surface area contributed by atoms with E-state index < -0.39 is 6.29 Å². The Hall–Kier alpha value is -4.74. The number of aliphatic hydroxyl groups is 1. The highest BCUT2D eigenvalue weighted by molar-refractivity contribution is 5.75. The highest BCUT2D eigenvalue weighted by atomic mass is 16.7. The van der Waals surface area contributed by atoms with Gasteiger partial charge in [-0.25, -0.2) is 9.59 Å². The van der Waals surface area contributed by atoms with Crippen molar-refractivity contribution in [3.63, 3.8) is 0 Å². The standard InChI is InChI=1S/C40H45N5O5/c1-2-41-39(47)42-24-31-7-3-4-8-34(31)28-15-17-30(18-16-28)38-49-33(23-37(50-38)29-13-11-27(26-46)12-14-29)25-44-21-19-32(20-22-44)45-36-10-6-5-9-35(36)43-40(45)48/h3-18,32-33,37-38,46H,2,19-26H2,1H3,(H,43,48)(H2,41,42,47). The van der Waals surface area contributed by atoms with Crippen LogP contribution < -0.4 is 16.3 Å². The highest BCUT2D eigenvalue weighted by Crippen LogP contribution is 2.39. The summed E-state index contributed by atoms with van der Waals surface area (Å²) in [5.41, 5.74) is 7.79. The van der Waals surface area contributed by atoms with Crippen LogP contribution in [-0.2, 0) is 22.6 Å². The van der Waals surface area contributed by atoms with Gasteiger partial charge in [-0.3, -0.25) is 4.57 Å². The highest BCUT2D eigenvalue weighted by Gasteiger charge is 2.34. The Bertz CT molecular complexity index is 1950. The van der Waals surface area contributed by atoms with Gasteiger partial charge in [0.1, 0.15) is 0 Å². The summed E-state index contributed by atoms with van der Waals surface area (Å²) in [5.74, 6) is 0. The summed E-state index contributed by atoms with van der Waals surface area (Å²) in [5, 5.41) is 15.3. The van der Waals surface area contributed by atoms with Crippen LogP contribution in [0.4, 0.5) is 4.79 Å². The number of imidazole rings is 1. The van der Waals surface area contributed by atoms with Gasteiger partial charge in [-0.15, -0.1) is 0 Å². The van der Waals surface area contributed by atoms with Crippen molar-refractivity contribution >= 4 is 17.1 Å². The number of rotatable bonds is 10. The van der Waals surface area contributed by atoms with Crippen LogP contribution in [0, 0.1) is 0 Å². The minimum atomic E-state index is -0.553. The van der Waals surface area contributed by atoms with Gasteiger partial charge in [0, 0.05) is 50.7 Å². The number of hydrogen-bond acceptors (Lipinski definition) is 6. The van der Waals surface area contributed by atoms with E-state index in [4.69, 9.17) is 9.47 Å². The fourth-order valence-corrected chi connectivity index (χ4v) is 7.29. The van der Waals surface area contributed by atoms with Gasteiger partial charge < -0.3 is 35.1 Å². The van der Waals surface area contributed by atoms with Gasteiger partial charge in [0.25, 0.3) is 0 Å². The van der Waals surface area contributed by atoms with Gasteiger partial charge in [-0.2, -0.15) is 0 Å². The number of likely N-dealkylation sites (tertiary alicyclic amines) is 1. The molecule has 50 heavy (non-hydrogen) atoms. The lowest BCUT2D eigenvalue weighted by atomic mass is 9.97. The van der Waals surface area contributed by atoms with E-state index in [1.165, 1.54) is 0 Å². The summed E-state index contributed by atoms with van der Waals surface area (Å²) < 4.78 is 15.2. The first-order valence-corrected chi connectivity index (χ1v) is 17.6. The molecule has 1 aromatic heterocycles. The number of carbonyl (C=O) groups excluding carboxylic acids is 1. The second kappa shape index (κ2) is 15.4. The summed E-state index contributed by atoms with van der Waals surface area (Å²) in [4.78, 5) is 30.3. The monoisotopic (exact) mass is 675 g/mol. The van der Waals surface area contributed by atoms with Gasteiger partial charge in [-0.05, 0) is 59.7 Å². The predicted molar refractivity (Wildman–Crippen MR) is 193 cm³/mol. The maximum atomic E-state index is 12.8. The summed E-state index contributed by atoms with van der Waals surface area (Å²) in [6.07, 6.45) is 1.70. The molecule has 3 unspecified atom stereocenters. The molecule has 2 aliphatic heterocycles. The number of amides is 2. The number of benzene rings is 4. The fraction of sp³-hybridized carbons (Fsp3) is 0.350. The normalized spacial score (nSPS) is 20.2. The number of piperidine rings is 1. The Morgan fingerprint density at radius 3 is 2.36 bits per heavy atom. The zero-order valence-corrected chi connectivity index (χ0v) is 28.4. The molecule has 0 saturated carbocycles. The number of aromatic nitrogens is 2. The molecular formula is C40H45N5O5. The van der Waals surface area contributed by atoms with Crippen molar-refractivity contribution in [3.05, 3.63) is 130 Å². The molecule has 3 atom stereocenters. The third kappa shape index (κ3) is 7.53. The number of carbonyl (C=O) groups is 1. The number of aromatic amines is 1. The van der Waals surface area contributed by atoms with Crippen LogP contribution in [0.2, 0.25) is 0 Å². The van der Waals surface area contributed by atoms with Crippen molar-refractivity contribution in [2.75, 3.05) is 26.2 Å². The number of aliphatic hydroxyl groups excluding tert-OH is 1. The lowest BCUT2D eigenvalue weighted by Gasteiger charge is -2.40. The summed E-state index contributed by atoms with van der Waals surface area (Å²) >= 11 is 0. The van der Waals surface area contributed by atoms with Crippen LogP contribution in [0.3, 0.4) is 0 Å². The maximum Gasteiger partial charge on any atom is 0.326 e. The zero-order valence-electron chi connectivity index (χ0n) is 28.4. The van der Waals surface area contributed by atoms with Crippen LogP contribution in [0.15, 0.2) is 102 Å². The number of fused-ring (bicyclic) bond motifs is 1. The van der Waals surface area contributed by atoms with Gasteiger partial charge in [-0.1, -0.05) is 84.9 Å². The Morgan fingerprint density at radius 2 is 1.60 bits per heavy atom. The molecule has 4 N–H and O–H groups in total. The molecule has 10 nitrogen and oxygen atoms in total. The van der Waals surface area contributed by atoms with E-state index in [0.29, 0.717) is 19.5 Å². The molecule has 0 aliphatic carbocycles. The topological polar surface area (TPSA) is 121 Å². The molecule has 0 bridgehead atoms. The lowest BCUT2D eigenvalue weighted by Crippen LogP contribution is -2.43. The molecule has 5 aromatic rings. The first kappa shape index (κ1) is 33.7. The minimum Gasteiger partial charge on any atom is -0.392 e. The van der Waals surface area contributed by atoms with Gasteiger partial charge in [0.05, 0.1) is 29.8 Å². The predicted octanol–water partition coefficient (Wildman–Crippen LogP) is 6.19. The average molecular weight is 676 g/mol. The van der Waals surface area contributed by atoms with Crippen LogP contribution >= 0.6 is 0 Å². The van der Waals surface area contributed by atoms with E-state index >= 15 is 0 Å². The molecule has 4 aromatic carbocycles. The van der Waals surface area contributed by atoms with E-state index in [-0.39, 0.29) is 36.6 Å². The number of nitrogens with zero attached hydrogens (tertiary/aromatic N) is 2. The van der Waals surface area contributed by atoms with E-state index in [1.54, 1.807) is 0 Å². The minimum absolute atomic E-state index is 0.00172. The molecule has 0 spiro atoms. The van der Waals surface area contributed by atoms with Crippen molar-refractivity contribution in [2.45, 2.75) is 63.9 Å². The molecule has 3 heterocycles. The molecule has 2 aliphatic rings. The maximum absolute atomic E-state index is 12.8. The Morgan fingerprint density at radius 1 is 0.880 bits per heavy atom. The Labute approximate surface area is 292 Å². The van der Waals surface area contributed by atoms with Crippen LogP contribution in [-0.4, -0.2) is 57.9 Å². The summed E-state index contributed by atoms with van der Waals surface area (Å²) in [6.45, 7) is 5.41. The molecule has 2 saturated heterocycles. The summed E-state index contributed by atoms with van der Waals surface area (Å²) in [7, 11) is 0. The van der Waals surface area contributed by atoms with Crippen molar-refractivity contribution < 1.29 is 19.4 Å². The van der Waals surface area contributed by atoms with Gasteiger partial charge >= 0.3 is 11.7 Å². The molecule has 260 valence electrons. The van der Waals surface area contributed by atoms with E-state index in [2.05, 4.69) is 50.8 Å². The first-order chi connectivity index (χ1) is 24.5. The van der Waals surface area contributed by atoms with Crippen molar-refractivity contribution in [1.29, 1.82) is 0 Å². The largest absolute Gasteiger partial charge is 0.392 e. The molecule has 10 heteroatoms. The second-order valence-electron chi connectivity index (χ2n) is 13.2. The van der Waals surface area contributed by atoms with Crippen molar-refractivity contribution in [2.24, 2.45) is 0 Å². The van der Waals surface area contributed by atoms with Crippen molar-refractivity contribution in [3.8, 4) is 11.1 Å². The second-order valence-corrected chi connectivity index (χ2v) is 13.2. The first-order valence-electron chi connectivity index (χ1n) is 17.6. The van der Waals surface area contributed by atoms with E-state index in [0.717, 1.165) is 76.9 Å². The van der Waals surface area contributed by atoms with Crippen LogP contribution in [0.25, 0.3) is 22.2 Å². The number of hydrogen-bond donors (Lipinski definition) is 4. The average Bonchev–Trinajstić information content (AvgIpc) is 3.50. The molecule has 2 fully saturated rings. The van der Waals surface area contributed by atoms with Crippen LogP contribution in [0.1, 0.15) is 66.9 Å². The molecule has 2 amide bonds. The number of ether oxygens (including phenoxy) is 2. The smallest absolute Gasteiger partial charge is 0.326 e. The zero-order chi connectivity index (χ0) is 34.5. The third-order valence-electron chi connectivity index (χ3n) is 9.91. The lowest BCUT2D eigenvalue weighted by molar-refractivity contribution is -0.253. The number of H-pyrrole nitrogens is 1. The number of nitrogens with one attached hydrogen (secondary N) is 3. The van der Waals surface area contributed by atoms with Gasteiger partial charge in [0.15, 0.2) is 6.29 Å². The Kier molecular flexibility index (Phi) is 10.4. The molecule has 0 radical (unpaired) electrons. The quantitative estimate of drug-likeness (QED) is 0.140. The van der Waals surface area contributed by atoms with E-state index in [9.17, 15) is 14.7 Å².